The minimum absolute atomic E-state index is 0.0159. The zero-order valence-electron chi connectivity index (χ0n) is 22.6. The maximum Gasteiger partial charge on any atom is 0.261 e. The van der Waals surface area contributed by atoms with Crippen LogP contribution in [-0.2, 0) is 16.6 Å². The van der Waals surface area contributed by atoms with Gasteiger partial charge in [0.15, 0.2) is 0 Å². The topological polar surface area (TPSA) is 101 Å². The SMILES string of the molecule is CCCCCCNC(=O)c1ccc(N2CC3CC(C2)c2cccc(=O)n2C3)c(NS(=O)(=O)c2ccc(Cl)cc2)c1. The molecule has 0 radical (unpaired) electrons. The molecular weight excluding hydrogens is 548 g/mol. The van der Waals surface area contributed by atoms with Gasteiger partial charge in [0.25, 0.3) is 21.5 Å². The number of carbonyl (C=O) groups is 1. The van der Waals surface area contributed by atoms with E-state index in [9.17, 15) is 18.0 Å². The molecule has 0 aliphatic carbocycles. The fourth-order valence-corrected chi connectivity index (χ4v) is 6.99. The second-order valence-corrected chi connectivity index (χ2v) is 12.8. The molecule has 8 nitrogen and oxygen atoms in total. The molecule has 40 heavy (non-hydrogen) atoms. The Bertz CT molecular complexity index is 1540. The summed E-state index contributed by atoms with van der Waals surface area (Å²) in [6, 6.07) is 16.6. The number of hydrogen-bond acceptors (Lipinski definition) is 5. The molecule has 2 unspecified atom stereocenters. The highest BCUT2D eigenvalue weighted by molar-refractivity contribution is 7.92. The van der Waals surface area contributed by atoms with E-state index in [4.69, 9.17) is 11.6 Å². The van der Waals surface area contributed by atoms with Crippen molar-refractivity contribution in [3.05, 3.63) is 87.3 Å². The first-order valence-electron chi connectivity index (χ1n) is 13.9. The molecule has 2 aliphatic rings. The Kier molecular flexibility index (Phi) is 8.51. The van der Waals surface area contributed by atoms with Crippen LogP contribution >= 0.6 is 11.6 Å². The largest absolute Gasteiger partial charge is 0.369 e. The van der Waals surface area contributed by atoms with Crippen molar-refractivity contribution in [3.8, 4) is 0 Å². The quantitative estimate of drug-likeness (QED) is 0.319. The van der Waals surface area contributed by atoms with Crippen LogP contribution in [-0.4, -0.2) is 38.5 Å². The van der Waals surface area contributed by atoms with Crippen molar-refractivity contribution >= 4 is 38.9 Å². The van der Waals surface area contributed by atoms with Crippen molar-refractivity contribution in [3.63, 3.8) is 0 Å². The van der Waals surface area contributed by atoms with E-state index in [1.165, 1.54) is 24.3 Å². The van der Waals surface area contributed by atoms with Gasteiger partial charge in [-0.05, 0) is 67.3 Å². The Hall–Kier alpha value is -3.30. The third kappa shape index (κ3) is 6.20. The first-order valence-corrected chi connectivity index (χ1v) is 15.8. The molecular formula is C30H35ClN4O4S. The monoisotopic (exact) mass is 582 g/mol. The molecule has 2 atom stereocenters. The van der Waals surface area contributed by atoms with Crippen molar-refractivity contribution < 1.29 is 13.2 Å². The van der Waals surface area contributed by atoms with Crippen molar-refractivity contribution in [1.29, 1.82) is 0 Å². The number of anilines is 2. The number of hydrogen-bond donors (Lipinski definition) is 2. The van der Waals surface area contributed by atoms with Gasteiger partial charge >= 0.3 is 0 Å². The maximum atomic E-state index is 13.4. The lowest BCUT2D eigenvalue weighted by Crippen LogP contribution is -2.47. The van der Waals surface area contributed by atoms with Gasteiger partial charge in [0.2, 0.25) is 0 Å². The minimum Gasteiger partial charge on any atom is -0.369 e. The number of nitrogens with zero attached hydrogens (tertiary/aromatic N) is 2. The van der Waals surface area contributed by atoms with Crippen LogP contribution in [0.5, 0.6) is 0 Å². The van der Waals surface area contributed by atoms with E-state index in [1.54, 1.807) is 24.3 Å². The standard InChI is InChI=1S/C30H35ClN4O4S/c1-2-3-4-5-15-32-30(37)22-9-14-28(26(17-22)33-40(38,39)25-12-10-24(31)11-13-25)34-18-21-16-23(20-34)27-7-6-8-29(36)35(27)19-21/h6-14,17,21,23,33H,2-5,15-16,18-20H2,1H3,(H,32,37). The zero-order valence-corrected chi connectivity index (χ0v) is 24.2. The fourth-order valence-electron chi connectivity index (χ4n) is 5.80. The zero-order chi connectivity index (χ0) is 28.3. The lowest BCUT2D eigenvalue weighted by molar-refractivity contribution is 0.0953. The summed E-state index contributed by atoms with van der Waals surface area (Å²) in [5, 5.41) is 3.40. The van der Waals surface area contributed by atoms with Crippen LogP contribution < -0.4 is 20.5 Å². The number of benzene rings is 2. The lowest BCUT2D eigenvalue weighted by Gasteiger charge is -2.44. The normalized spacial score (nSPS) is 18.2. The van der Waals surface area contributed by atoms with Crippen LogP contribution in [0.4, 0.5) is 11.4 Å². The summed E-state index contributed by atoms with van der Waals surface area (Å²) in [6.07, 6.45) is 5.17. The van der Waals surface area contributed by atoms with Gasteiger partial charge in [0.05, 0.1) is 16.3 Å². The second kappa shape index (κ2) is 12.1. The summed E-state index contributed by atoms with van der Waals surface area (Å²) in [4.78, 5) is 27.7. The molecule has 1 fully saturated rings. The molecule has 1 saturated heterocycles. The predicted molar refractivity (Wildman–Crippen MR) is 159 cm³/mol. The number of piperidine rings is 1. The van der Waals surface area contributed by atoms with Crippen LogP contribution in [0.1, 0.15) is 61.0 Å². The summed E-state index contributed by atoms with van der Waals surface area (Å²) < 4.78 is 31.4. The number of unbranched alkanes of at least 4 members (excludes halogenated alkanes) is 3. The number of aromatic nitrogens is 1. The summed E-state index contributed by atoms with van der Waals surface area (Å²) in [5.74, 6) is 0.158. The van der Waals surface area contributed by atoms with Crippen molar-refractivity contribution in [2.24, 2.45) is 5.92 Å². The van der Waals surface area contributed by atoms with Crippen LogP contribution in [0.3, 0.4) is 0 Å². The molecule has 0 spiro atoms. The van der Waals surface area contributed by atoms with E-state index in [1.807, 2.05) is 16.7 Å². The van der Waals surface area contributed by atoms with Crippen LogP contribution in [0, 0.1) is 5.92 Å². The molecule has 0 saturated carbocycles. The number of fused-ring (bicyclic) bond motifs is 4. The molecule has 2 N–H and O–H groups in total. The number of pyridine rings is 1. The van der Waals surface area contributed by atoms with Crippen molar-refractivity contribution in [1.82, 2.24) is 9.88 Å². The molecule has 2 bridgehead atoms. The molecule has 10 heteroatoms. The molecule has 1 aromatic heterocycles. The van der Waals surface area contributed by atoms with Gasteiger partial charge in [-0.3, -0.25) is 14.3 Å². The van der Waals surface area contributed by atoms with E-state index in [2.05, 4.69) is 21.9 Å². The predicted octanol–water partition coefficient (Wildman–Crippen LogP) is 5.24. The highest BCUT2D eigenvalue weighted by Crippen LogP contribution is 2.39. The molecule has 2 aromatic carbocycles. The van der Waals surface area contributed by atoms with Crippen LogP contribution in [0.2, 0.25) is 5.02 Å². The van der Waals surface area contributed by atoms with E-state index in [0.29, 0.717) is 48.1 Å². The van der Waals surface area contributed by atoms with Gasteiger partial charge in [0, 0.05) is 54.4 Å². The number of rotatable bonds is 10. The summed E-state index contributed by atoms with van der Waals surface area (Å²) in [7, 11) is -3.95. The molecule has 3 heterocycles. The Morgan fingerprint density at radius 2 is 1.80 bits per heavy atom. The van der Waals surface area contributed by atoms with Gasteiger partial charge in [-0.2, -0.15) is 0 Å². The van der Waals surface area contributed by atoms with E-state index >= 15 is 0 Å². The number of carbonyl (C=O) groups excluding carboxylic acids is 1. The average molecular weight is 583 g/mol. The number of amides is 1. The fraction of sp³-hybridized carbons (Fsp3) is 0.400. The first-order chi connectivity index (χ1) is 19.2. The molecule has 3 aromatic rings. The third-order valence-electron chi connectivity index (χ3n) is 7.76. The van der Waals surface area contributed by atoms with Crippen LogP contribution in [0.15, 0.2) is 70.4 Å². The average Bonchev–Trinajstić information content (AvgIpc) is 2.93. The van der Waals surface area contributed by atoms with Gasteiger partial charge in [-0.1, -0.05) is 43.9 Å². The highest BCUT2D eigenvalue weighted by Gasteiger charge is 2.35. The summed E-state index contributed by atoms with van der Waals surface area (Å²) in [6.45, 7) is 4.66. The van der Waals surface area contributed by atoms with Gasteiger partial charge < -0.3 is 14.8 Å². The maximum absolute atomic E-state index is 13.4. The van der Waals surface area contributed by atoms with Crippen molar-refractivity contribution in [2.75, 3.05) is 29.3 Å². The van der Waals surface area contributed by atoms with Gasteiger partial charge in [0.1, 0.15) is 0 Å². The summed E-state index contributed by atoms with van der Waals surface area (Å²) >= 11 is 5.98. The third-order valence-corrected chi connectivity index (χ3v) is 9.40. The Morgan fingerprint density at radius 3 is 2.58 bits per heavy atom. The summed E-state index contributed by atoms with van der Waals surface area (Å²) in [5.41, 5.74) is 2.47. The molecule has 5 rings (SSSR count). The van der Waals surface area contributed by atoms with Gasteiger partial charge in [-0.25, -0.2) is 8.42 Å². The Labute approximate surface area is 240 Å². The van der Waals surface area contributed by atoms with Gasteiger partial charge in [-0.15, -0.1) is 0 Å². The minimum atomic E-state index is -3.95. The number of nitrogens with one attached hydrogen (secondary N) is 2. The molecule has 2 aliphatic heterocycles. The highest BCUT2D eigenvalue weighted by atomic mass is 35.5. The van der Waals surface area contributed by atoms with Crippen molar-refractivity contribution in [2.45, 2.75) is 56.4 Å². The van der Waals surface area contributed by atoms with E-state index in [-0.39, 0.29) is 28.2 Å². The molecule has 1 amide bonds. The molecule has 212 valence electrons. The van der Waals surface area contributed by atoms with E-state index < -0.39 is 10.0 Å². The lowest BCUT2D eigenvalue weighted by atomic mass is 9.83. The first kappa shape index (κ1) is 28.2. The van der Waals surface area contributed by atoms with Crippen LogP contribution in [0.25, 0.3) is 0 Å². The van der Waals surface area contributed by atoms with E-state index in [0.717, 1.165) is 37.8 Å². The number of sulfonamides is 1. The second-order valence-electron chi connectivity index (χ2n) is 10.7. The Morgan fingerprint density at radius 1 is 1.00 bits per heavy atom. The number of halogens is 1. The Balaban J connectivity index is 1.44. The smallest absolute Gasteiger partial charge is 0.261 e.